The zero-order valence-corrected chi connectivity index (χ0v) is 11.8. The molecule has 0 aliphatic carbocycles. The molecule has 0 saturated carbocycles. The topological polar surface area (TPSA) is 38.7 Å². The summed E-state index contributed by atoms with van der Waals surface area (Å²) in [5.74, 6) is 0.642. The fraction of sp³-hybridized carbons (Fsp3) is 0.267. The lowest BCUT2D eigenvalue weighted by Crippen LogP contribution is -1.91. The van der Waals surface area contributed by atoms with Crippen molar-refractivity contribution in [3.8, 4) is 10.4 Å². The van der Waals surface area contributed by atoms with Crippen LogP contribution in [0.4, 0.5) is 0 Å². The first-order valence-electron chi connectivity index (χ1n) is 6.37. The van der Waals surface area contributed by atoms with E-state index in [4.69, 9.17) is 0 Å². The number of fused-ring (bicyclic) bond motifs is 1. The minimum atomic E-state index is 0.642. The maximum atomic E-state index is 4.50. The molecule has 2 aromatic heterocycles. The Morgan fingerprint density at radius 2 is 2.05 bits per heavy atom. The molecule has 0 aliphatic rings. The van der Waals surface area contributed by atoms with Crippen molar-refractivity contribution in [2.24, 2.45) is 5.92 Å². The van der Waals surface area contributed by atoms with Gasteiger partial charge in [0.2, 0.25) is 0 Å². The summed E-state index contributed by atoms with van der Waals surface area (Å²) in [6.07, 6.45) is 6.43. The van der Waals surface area contributed by atoms with Crippen molar-refractivity contribution in [1.82, 2.24) is 15.0 Å². The molecule has 3 nitrogen and oxygen atoms in total. The number of benzene rings is 1. The van der Waals surface area contributed by atoms with Gasteiger partial charge in [0.1, 0.15) is 6.33 Å². The van der Waals surface area contributed by atoms with Crippen LogP contribution in [-0.2, 0) is 6.42 Å². The standard InChI is InChI=1S/C15H15N3S/c1-10(2)5-15-17-8-14(19-15)11-3-4-12-7-16-9-18-13(12)6-11/h3-4,6-10H,5H2,1-2H3. The molecule has 0 spiro atoms. The van der Waals surface area contributed by atoms with Crippen LogP contribution in [0, 0.1) is 5.92 Å². The first-order chi connectivity index (χ1) is 9.22. The van der Waals surface area contributed by atoms with E-state index in [-0.39, 0.29) is 0 Å². The second-order valence-electron chi connectivity index (χ2n) is 5.01. The Balaban J connectivity index is 1.97. The van der Waals surface area contributed by atoms with Crippen molar-refractivity contribution in [1.29, 1.82) is 0 Å². The van der Waals surface area contributed by atoms with Gasteiger partial charge in [0, 0.05) is 24.2 Å². The quantitative estimate of drug-likeness (QED) is 0.722. The highest BCUT2D eigenvalue weighted by Gasteiger charge is 2.07. The van der Waals surface area contributed by atoms with Gasteiger partial charge in [0.15, 0.2) is 0 Å². The predicted octanol–water partition coefficient (Wildman–Crippen LogP) is 3.95. The van der Waals surface area contributed by atoms with Gasteiger partial charge >= 0.3 is 0 Å². The Labute approximate surface area is 116 Å². The molecule has 3 aromatic rings. The molecule has 0 amide bonds. The molecule has 96 valence electrons. The van der Waals surface area contributed by atoms with E-state index in [9.17, 15) is 0 Å². The van der Waals surface area contributed by atoms with E-state index >= 15 is 0 Å². The molecule has 0 aliphatic heterocycles. The molecule has 0 N–H and O–H groups in total. The van der Waals surface area contributed by atoms with Crippen molar-refractivity contribution >= 4 is 22.2 Å². The highest BCUT2D eigenvalue weighted by atomic mass is 32.1. The van der Waals surface area contributed by atoms with Crippen LogP contribution in [0.25, 0.3) is 21.3 Å². The Morgan fingerprint density at radius 1 is 1.16 bits per heavy atom. The third kappa shape index (κ3) is 2.63. The molecule has 2 heterocycles. The minimum absolute atomic E-state index is 0.642. The van der Waals surface area contributed by atoms with Gasteiger partial charge in [-0.15, -0.1) is 11.3 Å². The van der Waals surface area contributed by atoms with Crippen molar-refractivity contribution in [3.63, 3.8) is 0 Å². The highest BCUT2D eigenvalue weighted by Crippen LogP contribution is 2.29. The SMILES string of the molecule is CC(C)Cc1ncc(-c2ccc3cncnc3c2)s1. The van der Waals surface area contributed by atoms with E-state index in [1.807, 2.05) is 12.4 Å². The number of nitrogens with zero attached hydrogens (tertiary/aromatic N) is 3. The maximum Gasteiger partial charge on any atom is 0.116 e. The zero-order valence-electron chi connectivity index (χ0n) is 11.0. The minimum Gasteiger partial charge on any atom is -0.249 e. The zero-order chi connectivity index (χ0) is 13.2. The van der Waals surface area contributed by atoms with Gasteiger partial charge in [0.25, 0.3) is 0 Å². The van der Waals surface area contributed by atoms with Crippen molar-refractivity contribution in [2.45, 2.75) is 20.3 Å². The third-order valence-corrected chi connectivity index (χ3v) is 4.00. The van der Waals surface area contributed by atoms with Crippen LogP contribution in [0.5, 0.6) is 0 Å². The van der Waals surface area contributed by atoms with Gasteiger partial charge in [-0.05, 0) is 17.5 Å². The molecule has 3 rings (SSSR count). The summed E-state index contributed by atoms with van der Waals surface area (Å²) in [6.45, 7) is 4.43. The van der Waals surface area contributed by atoms with Crippen LogP contribution in [0.15, 0.2) is 36.9 Å². The summed E-state index contributed by atoms with van der Waals surface area (Å²) in [5.41, 5.74) is 2.16. The molecule has 19 heavy (non-hydrogen) atoms. The van der Waals surface area contributed by atoms with Gasteiger partial charge < -0.3 is 0 Å². The van der Waals surface area contributed by atoms with Gasteiger partial charge in [-0.3, -0.25) is 0 Å². The average Bonchev–Trinajstić information content (AvgIpc) is 2.86. The molecule has 0 radical (unpaired) electrons. The Morgan fingerprint density at radius 3 is 2.89 bits per heavy atom. The largest absolute Gasteiger partial charge is 0.249 e. The lowest BCUT2D eigenvalue weighted by molar-refractivity contribution is 0.644. The van der Waals surface area contributed by atoms with Crippen LogP contribution in [0.2, 0.25) is 0 Å². The van der Waals surface area contributed by atoms with E-state index in [0.717, 1.165) is 17.3 Å². The number of hydrogen-bond donors (Lipinski definition) is 0. The number of rotatable bonds is 3. The van der Waals surface area contributed by atoms with Crippen molar-refractivity contribution < 1.29 is 0 Å². The van der Waals surface area contributed by atoms with E-state index in [0.29, 0.717) is 5.92 Å². The van der Waals surface area contributed by atoms with E-state index in [1.54, 1.807) is 17.7 Å². The molecular formula is C15H15N3S. The normalized spacial score (nSPS) is 11.3. The molecule has 0 bridgehead atoms. The first kappa shape index (κ1) is 12.2. The van der Waals surface area contributed by atoms with Crippen molar-refractivity contribution in [2.75, 3.05) is 0 Å². The van der Waals surface area contributed by atoms with Gasteiger partial charge in [-0.2, -0.15) is 0 Å². The Hall–Kier alpha value is -1.81. The fourth-order valence-corrected chi connectivity index (χ4v) is 3.14. The third-order valence-electron chi connectivity index (χ3n) is 2.93. The Kier molecular flexibility index (Phi) is 3.25. The molecule has 0 unspecified atom stereocenters. The fourth-order valence-electron chi connectivity index (χ4n) is 2.01. The smallest absolute Gasteiger partial charge is 0.116 e. The van der Waals surface area contributed by atoms with E-state index < -0.39 is 0 Å². The van der Waals surface area contributed by atoms with Gasteiger partial charge in [0.05, 0.1) is 15.4 Å². The maximum absolute atomic E-state index is 4.50. The van der Waals surface area contributed by atoms with Crippen LogP contribution in [0.1, 0.15) is 18.9 Å². The highest BCUT2D eigenvalue weighted by molar-refractivity contribution is 7.15. The number of thiazole rings is 1. The van der Waals surface area contributed by atoms with E-state index in [1.165, 1.54) is 15.4 Å². The van der Waals surface area contributed by atoms with Crippen LogP contribution >= 0.6 is 11.3 Å². The summed E-state index contributed by atoms with van der Waals surface area (Å²) in [6, 6.07) is 6.27. The molecule has 1 aromatic carbocycles. The predicted molar refractivity (Wildman–Crippen MR) is 79.2 cm³/mol. The summed E-state index contributed by atoms with van der Waals surface area (Å²) in [7, 11) is 0. The lowest BCUT2D eigenvalue weighted by Gasteiger charge is -2.00. The molecular weight excluding hydrogens is 254 g/mol. The van der Waals surface area contributed by atoms with Crippen LogP contribution < -0.4 is 0 Å². The molecule has 0 fully saturated rings. The Bertz CT molecular complexity index is 703. The van der Waals surface area contributed by atoms with Gasteiger partial charge in [-0.25, -0.2) is 15.0 Å². The summed E-state index contributed by atoms with van der Waals surface area (Å²) in [4.78, 5) is 14.0. The summed E-state index contributed by atoms with van der Waals surface area (Å²) >= 11 is 1.77. The molecule has 0 atom stereocenters. The van der Waals surface area contributed by atoms with Crippen molar-refractivity contribution in [3.05, 3.63) is 41.9 Å². The van der Waals surface area contributed by atoms with Gasteiger partial charge in [-0.1, -0.05) is 26.0 Å². The van der Waals surface area contributed by atoms with Crippen LogP contribution in [-0.4, -0.2) is 15.0 Å². The number of hydrogen-bond acceptors (Lipinski definition) is 4. The second-order valence-corrected chi connectivity index (χ2v) is 6.13. The molecule has 0 saturated heterocycles. The summed E-state index contributed by atoms with van der Waals surface area (Å²) < 4.78 is 0. The van der Waals surface area contributed by atoms with E-state index in [2.05, 4.69) is 47.0 Å². The average molecular weight is 269 g/mol. The van der Waals surface area contributed by atoms with Crippen LogP contribution in [0.3, 0.4) is 0 Å². The molecule has 4 heteroatoms. The first-order valence-corrected chi connectivity index (χ1v) is 7.19. The summed E-state index contributed by atoms with van der Waals surface area (Å²) in [5, 5.41) is 2.27. The second kappa shape index (κ2) is 5.05. The number of aromatic nitrogens is 3. The lowest BCUT2D eigenvalue weighted by atomic mass is 10.1. The monoisotopic (exact) mass is 269 g/mol.